The highest BCUT2D eigenvalue weighted by Gasteiger charge is 2.11. The van der Waals surface area contributed by atoms with Gasteiger partial charge in [0.25, 0.3) is 0 Å². The van der Waals surface area contributed by atoms with Gasteiger partial charge in [0.05, 0.1) is 18.6 Å². The Morgan fingerprint density at radius 3 is 2.55 bits per heavy atom. The third-order valence-electron chi connectivity index (χ3n) is 3.44. The molecule has 0 saturated heterocycles. The highest BCUT2D eigenvalue weighted by molar-refractivity contribution is 6.30. The average Bonchev–Trinajstić information content (AvgIpc) is 2.53. The number of benzene rings is 2. The van der Waals surface area contributed by atoms with E-state index in [0.717, 1.165) is 17.0 Å². The second-order valence-corrected chi connectivity index (χ2v) is 5.70. The van der Waals surface area contributed by atoms with Crippen LogP contribution >= 0.6 is 11.6 Å². The lowest BCUT2D eigenvalue weighted by atomic mass is 9.98. The number of ether oxygens (including phenoxy) is 1. The minimum absolute atomic E-state index is 0.186. The number of nitriles is 1. The summed E-state index contributed by atoms with van der Waals surface area (Å²) in [7, 11) is 3.98. The fourth-order valence-electron chi connectivity index (χ4n) is 2.15. The highest BCUT2D eigenvalue weighted by atomic mass is 35.5. The molecule has 0 spiro atoms. The number of hydrogen-bond donors (Lipinski definition) is 0. The van der Waals surface area contributed by atoms with Crippen molar-refractivity contribution in [2.24, 2.45) is 0 Å². The Morgan fingerprint density at radius 2 is 1.91 bits per heavy atom. The van der Waals surface area contributed by atoms with Crippen molar-refractivity contribution in [1.82, 2.24) is 0 Å². The summed E-state index contributed by atoms with van der Waals surface area (Å²) >= 11 is 5.87. The van der Waals surface area contributed by atoms with E-state index in [9.17, 15) is 5.26 Å². The molecule has 4 heteroatoms. The van der Waals surface area contributed by atoms with Crippen LogP contribution in [0.25, 0.3) is 0 Å². The zero-order valence-corrected chi connectivity index (χ0v) is 13.5. The zero-order chi connectivity index (χ0) is 15.9. The predicted octanol–water partition coefficient (Wildman–Crippen LogP) is 4.48. The molecule has 1 atom stereocenters. The molecule has 0 aliphatic rings. The van der Waals surface area contributed by atoms with Gasteiger partial charge in [-0.25, -0.2) is 0 Å². The number of anilines is 1. The number of halogens is 1. The van der Waals surface area contributed by atoms with Crippen LogP contribution in [0.2, 0.25) is 5.02 Å². The van der Waals surface area contributed by atoms with Gasteiger partial charge in [-0.05, 0) is 29.8 Å². The lowest BCUT2D eigenvalue weighted by Crippen LogP contribution is -2.09. The van der Waals surface area contributed by atoms with E-state index in [1.54, 1.807) is 0 Å². The van der Waals surface area contributed by atoms with Gasteiger partial charge in [0.1, 0.15) is 5.75 Å². The van der Waals surface area contributed by atoms with Gasteiger partial charge in [-0.3, -0.25) is 0 Å². The van der Waals surface area contributed by atoms with E-state index < -0.39 is 0 Å². The minimum Gasteiger partial charge on any atom is -0.493 e. The van der Waals surface area contributed by atoms with Crippen LogP contribution in [0.15, 0.2) is 48.5 Å². The maximum absolute atomic E-state index is 9.32. The van der Waals surface area contributed by atoms with E-state index in [1.807, 2.05) is 67.5 Å². The van der Waals surface area contributed by atoms with Crippen LogP contribution in [-0.2, 0) is 0 Å². The fraction of sp³-hybridized carbons (Fsp3) is 0.278. The molecule has 0 aliphatic carbocycles. The van der Waals surface area contributed by atoms with Gasteiger partial charge in [-0.1, -0.05) is 29.8 Å². The first kappa shape index (κ1) is 16.2. The van der Waals surface area contributed by atoms with Gasteiger partial charge in [0.15, 0.2) is 0 Å². The Bertz CT molecular complexity index is 647. The molecular weight excluding hydrogens is 296 g/mol. The largest absolute Gasteiger partial charge is 0.493 e. The maximum atomic E-state index is 9.32. The van der Waals surface area contributed by atoms with Crippen molar-refractivity contribution in [2.75, 3.05) is 25.6 Å². The Labute approximate surface area is 136 Å². The molecule has 0 aromatic heterocycles. The standard InChI is InChI=1S/C18H19ClN2O/c1-21(2)17-4-3-5-18(12-17)22-11-10-15(13-20)14-6-8-16(19)9-7-14/h3-9,12,15H,10-11H2,1-2H3. The molecule has 0 saturated carbocycles. The third-order valence-corrected chi connectivity index (χ3v) is 3.69. The molecule has 0 amide bonds. The van der Waals surface area contributed by atoms with E-state index in [1.165, 1.54) is 0 Å². The summed E-state index contributed by atoms with van der Waals surface area (Å²) in [6, 6.07) is 17.6. The van der Waals surface area contributed by atoms with E-state index in [4.69, 9.17) is 16.3 Å². The number of rotatable bonds is 6. The Kier molecular flexibility index (Phi) is 5.68. The third kappa shape index (κ3) is 4.41. The first-order valence-corrected chi connectivity index (χ1v) is 7.53. The molecule has 2 aromatic rings. The molecule has 3 nitrogen and oxygen atoms in total. The first-order valence-electron chi connectivity index (χ1n) is 7.15. The van der Waals surface area contributed by atoms with Crippen LogP contribution in [0, 0.1) is 11.3 Å². The molecular formula is C18H19ClN2O. The van der Waals surface area contributed by atoms with Gasteiger partial charge in [0.2, 0.25) is 0 Å². The molecule has 1 unspecified atom stereocenters. The summed E-state index contributed by atoms with van der Waals surface area (Å²) in [5, 5.41) is 10.00. The van der Waals surface area contributed by atoms with Gasteiger partial charge in [-0.2, -0.15) is 5.26 Å². The van der Waals surface area contributed by atoms with Crippen LogP contribution in [0.3, 0.4) is 0 Å². The molecule has 0 heterocycles. The average molecular weight is 315 g/mol. The molecule has 0 radical (unpaired) electrons. The zero-order valence-electron chi connectivity index (χ0n) is 12.8. The molecule has 114 valence electrons. The highest BCUT2D eigenvalue weighted by Crippen LogP contribution is 2.23. The predicted molar refractivity (Wildman–Crippen MR) is 90.7 cm³/mol. The molecule has 2 rings (SSSR count). The van der Waals surface area contributed by atoms with Crippen LogP contribution in [0.1, 0.15) is 17.9 Å². The van der Waals surface area contributed by atoms with Crippen molar-refractivity contribution in [3.05, 3.63) is 59.1 Å². The molecule has 0 bridgehead atoms. The smallest absolute Gasteiger partial charge is 0.121 e. The van der Waals surface area contributed by atoms with Gasteiger partial charge >= 0.3 is 0 Å². The van der Waals surface area contributed by atoms with Crippen LogP contribution < -0.4 is 9.64 Å². The number of hydrogen-bond acceptors (Lipinski definition) is 3. The van der Waals surface area contributed by atoms with Crippen molar-refractivity contribution in [2.45, 2.75) is 12.3 Å². The summed E-state index contributed by atoms with van der Waals surface area (Å²) in [5.41, 5.74) is 2.06. The molecule has 0 aliphatic heterocycles. The van der Waals surface area contributed by atoms with Gasteiger partial charge in [-0.15, -0.1) is 0 Å². The summed E-state index contributed by atoms with van der Waals surface area (Å²) in [6.45, 7) is 0.498. The van der Waals surface area contributed by atoms with Gasteiger partial charge < -0.3 is 9.64 Å². The van der Waals surface area contributed by atoms with Crippen molar-refractivity contribution < 1.29 is 4.74 Å². The van der Waals surface area contributed by atoms with Crippen molar-refractivity contribution >= 4 is 17.3 Å². The molecule has 2 aromatic carbocycles. The lowest BCUT2D eigenvalue weighted by molar-refractivity contribution is 0.306. The monoisotopic (exact) mass is 314 g/mol. The normalized spacial score (nSPS) is 11.5. The fourth-order valence-corrected chi connectivity index (χ4v) is 2.27. The maximum Gasteiger partial charge on any atom is 0.121 e. The second-order valence-electron chi connectivity index (χ2n) is 5.26. The Morgan fingerprint density at radius 1 is 1.18 bits per heavy atom. The minimum atomic E-state index is -0.186. The summed E-state index contributed by atoms with van der Waals surface area (Å²) < 4.78 is 5.77. The molecule has 0 N–H and O–H groups in total. The second kappa shape index (κ2) is 7.72. The van der Waals surface area contributed by atoms with E-state index >= 15 is 0 Å². The Balaban J connectivity index is 1.93. The SMILES string of the molecule is CN(C)c1cccc(OCCC(C#N)c2ccc(Cl)cc2)c1. The van der Waals surface area contributed by atoms with Crippen LogP contribution in [0.4, 0.5) is 5.69 Å². The van der Waals surface area contributed by atoms with Gasteiger partial charge in [0, 0.05) is 37.3 Å². The summed E-state index contributed by atoms with van der Waals surface area (Å²) in [5.74, 6) is 0.633. The Hall–Kier alpha value is -2.18. The first-order chi connectivity index (χ1) is 10.6. The van der Waals surface area contributed by atoms with Crippen LogP contribution in [0.5, 0.6) is 5.75 Å². The number of nitrogens with zero attached hydrogens (tertiary/aromatic N) is 2. The summed E-state index contributed by atoms with van der Waals surface area (Å²) in [4.78, 5) is 2.03. The van der Waals surface area contributed by atoms with Crippen molar-refractivity contribution in [1.29, 1.82) is 5.26 Å². The molecule has 0 fully saturated rings. The quantitative estimate of drug-likeness (QED) is 0.788. The van der Waals surface area contributed by atoms with Crippen molar-refractivity contribution in [3.63, 3.8) is 0 Å². The van der Waals surface area contributed by atoms with E-state index in [0.29, 0.717) is 18.1 Å². The summed E-state index contributed by atoms with van der Waals surface area (Å²) in [6.07, 6.45) is 0.643. The van der Waals surface area contributed by atoms with Crippen LogP contribution in [-0.4, -0.2) is 20.7 Å². The lowest BCUT2D eigenvalue weighted by Gasteiger charge is -2.15. The van der Waals surface area contributed by atoms with Crippen molar-refractivity contribution in [3.8, 4) is 11.8 Å². The van der Waals surface area contributed by atoms with E-state index in [2.05, 4.69) is 6.07 Å². The van der Waals surface area contributed by atoms with E-state index in [-0.39, 0.29) is 5.92 Å². The molecule has 22 heavy (non-hydrogen) atoms. The topological polar surface area (TPSA) is 36.3 Å².